The van der Waals surface area contributed by atoms with Crippen molar-refractivity contribution in [1.29, 1.82) is 0 Å². The molecular weight excluding hydrogens is 410 g/mol. The van der Waals surface area contributed by atoms with Crippen LogP contribution in [0.25, 0.3) is 0 Å². The van der Waals surface area contributed by atoms with E-state index < -0.39 is 12.8 Å². The van der Waals surface area contributed by atoms with Gasteiger partial charge in [-0.25, -0.2) is 0 Å². The maximum Gasteiger partial charge on any atom is 0.411 e. The molecule has 0 saturated heterocycles. The minimum atomic E-state index is -4.28. The lowest BCUT2D eigenvalue weighted by Gasteiger charge is -2.16. The van der Waals surface area contributed by atoms with E-state index in [0.717, 1.165) is 36.6 Å². The zero-order valence-electron chi connectivity index (χ0n) is 11.9. The van der Waals surface area contributed by atoms with Crippen LogP contribution in [0.4, 0.5) is 13.2 Å². The third-order valence-electron chi connectivity index (χ3n) is 2.91. The summed E-state index contributed by atoms with van der Waals surface area (Å²) < 4.78 is 40.5. The van der Waals surface area contributed by atoms with Crippen LogP contribution < -0.4 is 10.6 Å². The van der Waals surface area contributed by atoms with Gasteiger partial charge in [-0.3, -0.25) is 4.99 Å². The van der Waals surface area contributed by atoms with Crippen LogP contribution in [0.2, 0.25) is 0 Å². The van der Waals surface area contributed by atoms with Crippen LogP contribution in [0.5, 0.6) is 0 Å². The van der Waals surface area contributed by atoms with Crippen LogP contribution in [0.3, 0.4) is 0 Å². The van der Waals surface area contributed by atoms with E-state index in [-0.39, 0.29) is 30.6 Å². The summed E-state index contributed by atoms with van der Waals surface area (Å²) in [5, 5.41) is 6.33. The monoisotopic (exact) mass is 429 g/mol. The highest BCUT2D eigenvalue weighted by Crippen LogP contribution is 2.15. The second kappa shape index (κ2) is 9.19. The first-order chi connectivity index (χ1) is 10.0. The topological polar surface area (TPSA) is 45.6 Å². The highest BCUT2D eigenvalue weighted by molar-refractivity contribution is 14.0. The van der Waals surface area contributed by atoms with Crippen molar-refractivity contribution in [3.05, 3.63) is 35.4 Å². The lowest BCUT2D eigenvalue weighted by atomic mass is 10.1. The lowest BCUT2D eigenvalue weighted by molar-refractivity contribution is -0.176. The maximum atomic E-state index is 11.9. The zero-order chi connectivity index (χ0) is 15.1. The van der Waals surface area contributed by atoms with Gasteiger partial charge in [0.2, 0.25) is 0 Å². The van der Waals surface area contributed by atoms with Gasteiger partial charge in [0, 0.05) is 19.6 Å². The summed E-state index contributed by atoms with van der Waals surface area (Å²) in [6.07, 6.45) is -3.24. The second-order valence-electron chi connectivity index (χ2n) is 4.79. The molecule has 1 aromatic carbocycles. The maximum absolute atomic E-state index is 11.9. The predicted molar refractivity (Wildman–Crippen MR) is 89.3 cm³/mol. The normalized spacial score (nSPS) is 14.6. The van der Waals surface area contributed by atoms with Gasteiger partial charge >= 0.3 is 6.18 Å². The molecule has 0 saturated carbocycles. The van der Waals surface area contributed by atoms with Gasteiger partial charge in [-0.2, -0.15) is 13.2 Å². The molecule has 4 nitrogen and oxygen atoms in total. The Hall–Kier alpha value is -1.03. The third-order valence-corrected chi connectivity index (χ3v) is 2.91. The Labute approximate surface area is 144 Å². The van der Waals surface area contributed by atoms with Gasteiger partial charge in [0.25, 0.3) is 0 Å². The Morgan fingerprint density at radius 2 is 1.86 bits per heavy atom. The lowest BCUT2D eigenvalue weighted by Crippen LogP contribution is -2.40. The summed E-state index contributed by atoms with van der Waals surface area (Å²) in [5.74, 6) is 0.791. The van der Waals surface area contributed by atoms with Gasteiger partial charge in [-0.1, -0.05) is 24.3 Å². The highest BCUT2D eigenvalue weighted by Gasteiger charge is 2.27. The average molecular weight is 429 g/mol. The first-order valence-corrected chi connectivity index (χ1v) is 6.77. The summed E-state index contributed by atoms with van der Waals surface area (Å²) in [7, 11) is 0. The van der Waals surface area contributed by atoms with E-state index in [4.69, 9.17) is 0 Å². The molecule has 1 heterocycles. The molecule has 0 aliphatic carbocycles. The number of hydrogen-bond donors (Lipinski definition) is 2. The minimum Gasteiger partial charge on any atom is -0.367 e. The van der Waals surface area contributed by atoms with Crippen molar-refractivity contribution in [3.63, 3.8) is 0 Å². The van der Waals surface area contributed by atoms with Crippen molar-refractivity contribution in [2.24, 2.45) is 4.99 Å². The van der Waals surface area contributed by atoms with E-state index >= 15 is 0 Å². The molecule has 2 rings (SSSR count). The van der Waals surface area contributed by atoms with E-state index in [2.05, 4.69) is 20.4 Å². The molecular formula is C14H19F3IN3O. The number of halogens is 4. The summed E-state index contributed by atoms with van der Waals surface area (Å²) in [5.41, 5.74) is 1.75. The van der Waals surface area contributed by atoms with Crippen molar-refractivity contribution in [2.45, 2.75) is 25.7 Å². The second-order valence-corrected chi connectivity index (χ2v) is 4.79. The average Bonchev–Trinajstić information content (AvgIpc) is 2.46. The first-order valence-electron chi connectivity index (χ1n) is 6.77. The van der Waals surface area contributed by atoms with Crippen LogP contribution in [0, 0.1) is 0 Å². The Morgan fingerprint density at radius 1 is 1.18 bits per heavy atom. The van der Waals surface area contributed by atoms with Gasteiger partial charge in [-0.15, -0.1) is 24.0 Å². The van der Waals surface area contributed by atoms with Gasteiger partial charge in [-0.05, 0) is 17.5 Å². The quantitative estimate of drug-likeness (QED) is 0.708. The largest absolute Gasteiger partial charge is 0.411 e. The van der Waals surface area contributed by atoms with E-state index in [1.807, 2.05) is 12.1 Å². The number of hydrogen-bond acceptors (Lipinski definition) is 4. The van der Waals surface area contributed by atoms with Gasteiger partial charge in [0.1, 0.15) is 6.61 Å². The number of benzene rings is 1. The number of aliphatic imine (C=N–C) groups is 1. The fourth-order valence-corrected chi connectivity index (χ4v) is 1.87. The van der Waals surface area contributed by atoms with Gasteiger partial charge < -0.3 is 15.4 Å². The first kappa shape index (κ1) is 19.0. The summed E-state index contributed by atoms with van der Waals surface area (Å²) in [6.45, 7) is 1.10. The molecule has 0 atom stereocenters. The standard InChI is InChI=1S/C14H18F3N3O.HI/c15-14(16,17)10-21-9-12-4-2-11(3-5-12)8-20-13-18-6-1-7-19-13;/h2-5H,1,6-10H2,(H2,18,19,20);1H. The van der Waals surface area contributed by atoms with Gasteiger partial charge in [0.05, 0.1) is 6.61 Å². The number of ether oxygens (including phenoxy) is 1. The fourth-order valence-electron chi connectivity index (χ4n) is 1.87. The molecule has 1 aliphatic rings. The molecule has 2 N–H and O–H groups in total. The number of nitrogens with one attached hydrogen (secondary N) is 2. The molecule has 124 valence electrons. The highest BCUT2D eigenvalue weighted by atomic mass is 127. The molecule has 0 unspecified atom stereocenters. The van der Waals surface area contributed by atoms with E-state index in [1.54, 1.807) is 12.1 Å². The summed E-state index contributed by atoms with van der Waals surface area (Å²) in [4.78, 5) is 4.29. The van der Waals surface area contributed by atoms with Crippen molar-refractivity contribution < 1.29 is 17.9 Å². The fraction of sp³-hybridized carbons (Fsp3) is 0.500. The third kappa shape index (κ3) is 7.30. The Morgan fingerprint density at radius 3 is 2.45 bits per heavy atom. The Bertz CT molecular complexity index is 477. The number of rotatable bonds is 5. The molecule has 8 heteroatoms. The van der Waals surface area contributed by atoms with Crippen molar-refractivity contribution in [1.82, 2.24) is 10.6 Å². The van der Waals surface area contributed by atoms with Crippen molar-refractivity contribution in [2.75, 3.05) is 19.7 Å². The van der Waals surface area contributed by atoms with E-state index in [1.165, 1.54) is 0 Å². The van der Waals surface area contributed by atoms with Crippen molar-refractivity contribution >= 4 is 29.9 Å². The number of nitrogens with zero attached hydrogens (tertiary/aromatic N) is 1. The summed E-state index contributed by atoms with van der Waals surface area (Å²) in [6, 6.07) is 7.26. The van der Waals surface area contributed by atoms with E-state index in [9.17, 15) is 13.2 Å². The molecule has 0 amide bonds. The molecule has 0 spiro atoms. The number of guanidine groups is 1. The molecule has 0 bridgehead atoms. The molecule has 1 aromatic rings. The van der Waals surface area contributed by atoms with Crippen LogP contribution in [-0.4, -0.2) is 31.8 Å². The Balaban J connectivity index is 0.00000242. The summed E-state index contributed by atoms with van der Waals surface area (Å²) >= 11 is 0. The molecule has 1 aliphatic heterocycles. The SMILES string of the molecule is FC(F)(F)COCc1ccc(CNC2=NCCCN2)cc1.I. The van der Waals surface area contributed by atoms with Crippen LogP contribution in [-0.2, 0) is 17.9 Å². The Kier molecular flexibility index (Phi) is 7.94. The van der Waals surface area contributed by atoms with Crippen molar-refractivity contribution in [3.8, 4) is 0 Å². The van der Waals surface area contributed by atoms with Gasteiger partial charge in [0.15, 0.2) is 5.96 Å². The molecule has 0 radical (unpaired) electrons. The van der Waals surface area contributed by atoms with E-state index in [0.29, 0.717) is 6.54 Å². The smallest absolute Gasteiger partial charge is 0.367 e. The van der Waals surface area contributed by atoms with Crippen LogP contribution in [0.1, 0.15) is 17.5 Å². The molecule has 22 heavy (non-hydrogen) atoms. The van der Waals surface area contributed by atoms with Crippen LogP contribution in [0.15, 0.2) is 29.3 Å². The number of alkyl halides is 3. The molecule has 0 fully saturated rings. The minimum absolute atomic E-state index is 0. The molecule has 0 aromatic heterocycles. The van der Waals surface area contributed by atoms with Crippen LogP contribution >= 0.6 is 24.0 Å². The predicted octanol–water partition coefficient (Wildman–Crippen LogP) is 2.82. The zero-order valence-corrected chi connectivity index (χ0v) is 14.3.